The third-order valence-electron chi connectivity index (χ3n) is 7.87. The maximum atomic E-state index is 11.8. The lowest BCUT2D eigenvalue weighted by Gasteiger charge is -2.56. The number of ketones is 1. The number of hydrogen-bond donors (Lipinski definition) is 0. The van der Waals surface area contributed by atoms with Crippen LogP contribution in [0.4, 0.5) is 0 Å². The summed E-state index contributed by atoms with van der Waals surface area (Å²) in [7, 11) is 0. The molecule has 3 saturated carbocycles. The van der Waals surface area contributed by atoms with Gasteiger partial charge in [-0.3, -0.25) is 9.59 Å². The van der Waals surface area contributed by atoms with Crippen LogP contribution in [0.1, 0.15) is 65.7 Å². The molecule has 0 N–H and O–H groups in total. The summed E-state index contributed by atoms with van der Waals surface area (Å²) in [5, 5.41) is 0. The van der Waals surface area contributed by atoms with Gasteiger partial charge >= 0.3 is 5.97 Å². The van der Waals surface area contributed by atoms with Crippen molar-refractivity contribution in [3.05, 3.63) is 23.8 Å². The maximum absolute atomic E-state index is 11.8. The highest BCUT2D eigenvalue weighted by atomic mass is 16.5. The normalized spacial score (nSPS) is 45.2. The second-order valence-electron chi connectivity index (χ2n) is 9.20. The smallest absolute Gasteiger partial charge is 0.305 e. The Hall–Kier alpha value is -1.38. The van der Waals surface area contributed by atoms with Gasteiger partial charge < -0.3 is 4.74 Å². The van der Waals surface area contributed by atoms with Gasteiger partial charge in [-0.2, -0.15) is 0 Å². The second-order valence-corrected chi connectivity index (χ2v) is 9.20. The summed E-state index contributed by atoms with van der Waals surface area (Å²) < 4.78 is 5.73. The molecule has 136 valence electrons. The molecule has 0 aromatic heterocycles. The van der Waals surface area contributed by atoms with Crippen molar-refractivity contribution in [3.8, 4) is 0 Å². The Kier molecular flexibility index (Phi) is 3.97. The first-order valence-electron chi connectivity index (χ1n) is 9.99. The summed E-state index contributed by atoms with van der Waals surface area (Å²) in [6, 6.07) is 0. The molecule has 4 rings (SSSR count). The van der Waals surface area contributed by atoms with Crippen LogP contribution in [0.15, 0.2) is 23.8 Å². The fourth-order valence-corrected chi connectivity index (χ4v) is 6.55. The molecule has 4 aliphatic carbocycles. The van der Waals surface area contributed by atoms with E-state index in [0.717, 1.165) is 19.3 Å². The van der Waals surface area contributed by atoms with Crippen molar-refractivity contribution < 1.29 is 14.3 Å². The summed E-state index contributed by atoms with van der Waals surface area (Å²) in [4.78, 5) is 23.6. The molecule has 0 aliphatic heterocycles. The lowest BCUT2D eigenvalue weighted by molar-refractivity contribution is -0.148. The number of hydrogen-bond acceptors (Lipinski definition) is 3. The molecule has 0 radical (unpaired) electrons. The predicted octanol–water partition coefficient (Wildman–Crippen LogP) is 4.62. The zero-order chi connectivity index (χ0) is 17.8. The lowest BCUT2D eigenvalue weighted by atomic mass is 9.48. The Balaban J connectivity index is 1.58. The monoisotopic (exact) mass is 342 g/mol. The average Bonchev–Trinajstić information content (AvgIpc) is 2.91. The first-order valence-corrected chi connectivity index (χ1v) is 9.99. The van der Waals surface area contributed by atoms with Gasteiger partial charge in [-0.05, 0) is 73.8 Å². The Bertz CT molecular complexity index is 660. The number of allylic oxidation sites excluding steroid dienone is 4. The van der Waals surface area contributed by atoms with E-state index in [-0.39, 0.29) is 23.3 Å². The number of esters is 1. The minimum absolute atomic E-state index is 0.0519. The number of ether oxygens (including phenoxy) is 1. The average molecular weight is 342 g/mol. The van der Waals surface area contributed by atoms with Crippen molar-refractivity contribution in [2.45, 2.75) is 71.8 Å². The van der Waals surface area contributed by atoms with E-state index in [1.54, 1.807) is 6.08 Å². The Labute approximate surface area is 150 Å². The van der Waals surface area contributed by atoms with E-state index < -0.39 is 0 Å². The third kappa shape index (κ3) is 2.62. The minimum atomic E-state index is -0.0571. The van der Waals surface area contributed by atoms with E-state index in [9.17, 15) is 9.59 Å². The van der Waals surface area contributed by atoms with Crippen molar-refractivity contribution in [2.24, 2.45) is 28.6 Å². The molecule has 6 atom stereocenters. The van der Waals surface area contributed by atoms with Crippen LogP contribution in [0.25, 0.3) is 0 Å². The number of rotatable bonds is 2. The highest BCUT2D eigenvalue weighted by molar-refractivity contribution is 6.01. The molecule has 3 heteroatoms. The molecule has 0 heterocycles. The largest absolute Gasteiger partial charge is 0.462 e. The molecule has 25 heavy (non-hydrogen) atoms. The summed E-state index contributed by atoms with van der Waals surface area (Å²) in [5.74, 6) is 2.04. The lowest BCUT2D eigenvalue weighted by Crippen LogP contribution is -2.48. The first kappa shape index (κ1) is 17.1. The highest BCUT2D eigenvalue weighted by Gasteiger charge is 2.57. The predicted molar refractivity (Wildman–Crippen MR) is 96.8 cm³/mol. The van der Waals surface area contributed by atoms with Crippen LogP contribution >= 0.6 is 0 Å². The van der Waals surface area contributed by atoms with Gasteiger partial charge in [0.05, 0.1) is 0 Å². The van der Waals surface area contributed by atoms with Crippen LogP contribution < -0.4 is 0 Å². The van der Waals surface area contributed by atoms with Gasteiger partial charge in [0.25, 0.3) is 0 Å². The van der Waals surface area contributed by atoms with Crippen molar-refractivity contribution in [1.29, 1.82) is 0 Å². The molecule has 0 saturated heterocycles. The van der Waals surface area contributed by atoms with Crippen LogP contribution in [0, 0.1) is 28.6 Å². The SMILES string of the molecule is CCC(=O)O[C@@H]1C[C@@H]2[C@H]3CCC4=CC(=O)C=C[C@]4(C)[C@@H]3CC[C@]2(C)C1. The van der Waals surface area contributed by atoms with Gasteiger partial charge in [-0.1, -0.05) is 32.4 Å². The van der Waals surface area contributed by atoms with Crippen molar-refractivity contribution in [2.75, 3.05) is 0 Å². The number of fused-ring (bicyclic) bond motifs is 5. The van der Waals surface area contributed by atoms with Gasteiger partial charge in [0.15, 0.2) is 5.78 Å². The molecule has 0 unspecified atom stereocenters. The van der Waals surface area contributed by atoms with Crippen LogP contribution in [0.5, 0.6) is 0 Å². The van der Waals surface area contributed by atoms with E-state index in [2.05, 4.69) is 19.9 Å². The van der Waals surface area contributed by atoms with Crippen molar-refractivity contribution in [1.82, 2.24) is 0 Å². The van der Waals surface area contributed by atoms with E-state index in [1.807, 2.05) is 13.0 Å². The molecule has 3 nitrogen and oxygen atoms in total. The molecule has 3 fully saturated rings. The molecular weight excluding hydrogens is 312 g/mol. The van der Waals surface area contributed by atoms with E-state index in [4.69, 9.17) is 4.74 Å². The fourth-order valence-electron chi connectivity index (χ4n) is 6.55. The second kappa shape index (κ2) is 5.82. The van der Waals surface area contributed by atoms with Crippen LogP contribution in [-0.2, 0) is 14.3 Å². The molecule has 0 amide bonds. The van der Waals surface area contributed by atoms with Crippen molar-refractivity contribution >= 4 is 11.8 Å². The number of carbonyl (C=O) groups excluding carboxylic acids is 2. The van der Waals surface area contributed by atoms with Gasteiger partial charge in [0.2, 0.25) is 0 Å². The zero-order valence-electron chi connectivity index (χ0n) is 15.7. The zero-order valence-corrected chi connectivity index (χ0v) is 15.7. The number of carbonyl (C=O) groups is 2. The summed E-state index contributed by atoms with van der Waals surface area (Å²) in [5.41, 5.74) is 1.71. The molecule has 0 spiro atoms. The van der Waals surface area contributed by atoms with E-state index >= 15 is 0 Å². The Morgan fingerprint density at radius 2 is 2.08 bits per heavy atom. The fraction of sp³-hybridized carbons (Fsp3) is 0.727. The molecule has 0 aromatic carbocycles. The quantitative estimate of drug-likeness (QED) is 0.688. The van der Waals surface area contributed by atoms with E-state index in [0.29, 0.717) is 29.6 Å². The van der Waals surface area contributed by atoms with Gasteiger partial charge in [0, 0.05) is 11.8 Å². The standard InChI is InChI=1S/C22H30O3/c1-4-20(24)25-16-12-19-17-6-5-14-11-15(23)7-10-22(14,3)18(17)8-9-21(19,2)13-16/h7,10-11,16-19H,4-6,8-9,12-13H2,1-3H3/t16-,17+,18-,19-,21-,22+/m1/s1. The van der Waals surface area contributed by atoms with Gasteiger partial charge in [-0.25, -0.2) is 0 Å². The topological polar surface area (TPSA) is 43.4 Å². The highest BCUT2D eigenvalue weighted by Crippen LogP contribution is 2.64. The summed E-state index contributed by atoms with van der Waals surface area (Å²) in [6.07, 6.45) is 13.1. The summed E-state index contributed by atoms with van der Waals surface area (Å²) >= 11 is 0. The molecular formula is C22H30O3. The molecule has 0 bridgehead atoms. The Morgan fingerprint density at radius 3 is 2.84 bits per heavy atom. The maximum Gasteiger partial charge on any atom is 0.305 e. The Morgan fingerprint density at radius 1 is 1.28 bits per heavy atom. The van der Waals surface area contributed by atoms with E-state index in [1.165, 1.54) is 24.8 Å². The van der Waals surface area contributed by atoms with Crippen molar-refractivity contribution in [3.63, 3.8) is 0 Å². The third-order valence-corrected chi connectivity index (χ3v) is 7.87. The first-order chi connectivity index (χ1) is 11.9. The van der Waals surface area contributed by atoms with Gasteiger partial charge in [-0.15, -0.1) is 0 Å². The molecule has 0 aromatic rings. The molecule has 4 aliphatic rings. The van der Waals surface area contributed by atoms with Crippen LogP contribution in [0.3, 0.4) is 0 Å². The minimum Gasteiger partial charge on any atom is -0.462 e. The van der Waals surface area contributed by atoms with Crippen LogP contribution in [0.2, 0.25) is 0 Å². The van der Waals surface area contributed by atoms with Crippen LogP contribution in [-0.4, -0.2) is 17.9 Å². The summed E-state index contributed by atoms with van der Waals surface area (Å²) in [6.45, 7) is 6.63. The van der Waals surface area contributed by atoms with Gasteiger partial charge in [0.1, 0.15) is 6.10 Å².